The second-order valence-electron chi connectivity index (χ2n) is 9.77. The Morgan fingerprint density at radius 1 is 0.914 bits per heavy atom. The van der Waals surface area contributed by atoms with E-state index in [1.165, 1.54) is 60.4 Å². The SMILES string of the molecule is C=O.CC(CCNCc1ccccc1)N(C)Cc1cccc2ccccc12.CCC1CCCCC1. The molecule has 0 heterocycles. The number of nitrogens with one attached hydrogen (secondary N) is 1. The highest BCUT2D eigenvalue weighted by Crippen LogP contribution is 2.25. The lowest BCUT2D eigenvalue weighted by Gasteiger charge is -2.25. The molecule has 0 amide bonds. The van der Waals surface area contributed by atoms with Crippen molar-refractivity contribution in [2.75, 3.05) is 13.6 Å². The molecule has 0 aromatic heterocycles. The molecular formula is C32H46N2O. The Kier molecular flexibility index (Phi) is 14.0. The third-order valence-corrected chi connectivity index (χ3v) is 7.27. The number of hydrogen-bond acceptors (Lipinski definition) is 3. The van der Waals surface area contributed by atoms with Crippen molar-refractivity contribution in [1.82, 2.24) is 10.2 Å². The number of nitrogens with zero attached hydrogens (tertiary/aromatic N) is 1. The van der Waals surface area contributed by atoms with Gasteiger partial charge in [-0.1, -0.05) is 118 Å². The number of rotatable bonds is 9. The maximum Gasteiger partial charge on any atom is 0.106 e. The largest absolute Gasteiger partial charge is 0.313 e. The Hall–Kier alpha value is -2.49. The van der Waals surface area contributed by atoms with Gasteiger partial charge in [0.05, 0.1) is 0 Å². The van der Waals surface area contributed by atoms with Gasteiger partial charge in [-0.3, -0.25) is 4.90 Å². The summed E-state index contributed by atoms with van der Waals surface area (Å²) in [5, 5.41) is 6.25. The summed E-state index contributed by atoms with van der Waals surface area (Å²) in [4.78, 5) is 10.5. The van der Waals surface area contributed by atoms with Gasteiger partial charge in [0.1, 0.15) is 6.79 Å². The van der Waals surface area contributed by atoms with Crippen molar-refractivity contribution < 1.29 is 4.79 Å². The summed E-state index contributed by atoms with van der Waals surface area (Å²) in [7, 11) is 2.23. The minimum Gasteiger partial charge on any atom is -0.313 e. The third-order valence-electron chi connectivity index (χ3n) is 7.27. The summed E-state index contributed by atoms with van der Waals surface area (Å²) in [5.74, 6) is 1.09. The van der Waals surface area contributed by atoms with Crippen LogP contribution in [-0.4, -0.2) is 31.3 Å². The fourth-order valence-corrected chi connectivity index (χ4v) is 4.81. The van der Waals surface area contributed by atoms with Crippen molar-refractivity contribution >= 4 is 17.6 Å². The van der Waals surface area contributed by atoms with Gasteiger partial charge in [0.25, 0.3) is 0 Å². The molecule has 0 bridgehead atoms. The van der Waals surface area contributed by atoms with Gasteiger partial charge in [-0.15, -0.1) is 0 Å². The molecule has 1 aliphatic carbocycles. The van der Waals surface area contributed by atoms with Crippen LogP contribution in [0.3, 0.4) is 0 Å². The third kappa shape index (κ3) is 10.3. The number of benzene rings is 3. The Balaban J connectivity index is 0.000000363. The first kappa shape index (κ1) is 28.7. The predicted octanol–water partition coefficient (Wildman–Crippen LogP) is 7.63. The topological polar surface area (TPSA) is 32.3 Å². The van der Waals surface area contributed by atoms with Crippen LogP contribution in [0.15, 0.2) is 72.8 Å². The molecule has 0 aliphatic heterocycles. The van der Waals surface area contributed by atoms with Gasteiger partial charge in [-0.05, 0) is 54.8 Å². The lowest BCUT2D eigenvalue weighted by molar-refractivity contribution is -0.0979. The van der Waals surface area contributed by atoms with Crippen LogP contribution in [0, 0.1) is 5.92 Å². The molecule has 3 aromatic carbocycles. The first-order valence-corrected chi connectivity index (χ1v) is 13.4. The number of carbonyl (C=O) groups is 1. The zero-order chi connectivity index (χ0) is 25.3. The maximum absolute atomic E-state index is 8.00. The summed E-state index contributed by atoms with van der Waals surface area (Å²) < 4.78 is 0. The van der Waals surface area contributed by atoms with Crippen LogP contribution >= 0.6 is 0 Å². The molecule has 1 saturated carbocycles. The van der Waals surface area contributed by atoms with Crippen molar-refractivity contribution in [2.24, 2.45) is 5.92 Å². The second kappa shape index (κ2) is 17.0. The van der Waals surface area contributed by atoms with Crippen LogP contribution in [0.5, 0.6) is 0 Å². The molecule has 1 fully saturated rings. The lowest BCUT2D eigenvalue weighted by Crippen LogP contribution is -2.31. The average Bonchev–Trinajstić information content (AvgIpc) is 2.93. The molecule has 190 valence electrons. The van der Waals surface area contributed by atoms with E-state index in [1.807, 2.05) is 6.79 Å². The van der Waals surface area contributed by atoms with Gasteiger partial charge in [-0.25, -0.2) is 0 Å². The van der Waals surface area contributed by atoms with Gasteiger partial charge in [0.2, 0.25) is 0 Å². The average molecular weight is 475 g/mol. The maximum atomic E-state index is 8.00. The zero-order valence-corrected chi connectivity index (χ0v) is 22.2. The molecule has 35 heavy (non-hydrogen) atoms. The normalized spacial score (nSPS) is 14.5. The van der Waals surface area contributed by atoms with Crippen molar-refractivity contribution in [3.63, 3.8) is 0 Å². The number of fused-ring (bicyclic) bond motifs is 1. The molecule has 1 N–H and O–H groups in total. The smallest absolute Gasteiger partial charge is 0.106 e. The molecule has 3 nitrogen and oxygen atoms in total. The summed E-state index contributed by atoms with van der Waals surface area (Å²) in [6.07, 6.45) is 10.1. The molecular weight excluding hydrogens is 428 g/mol. The zero-order valence-electron chi connectivity index (χ0n) is 22.2. The quantitative estimate of drug-likeness (QED) is 0.324. The van der Waals surface area contributed by atoms with E-state index in [9.17, 15) is 0 Å². The summed E-state index contributed by atoms with van der Waals surface area (Å²) in [6, 6.07) is 26.4. The highest BCUT2D eigenvalue weighted by Gasteiger charge is 2.11. The fraction of sp³-hybridized carbons (Fsp3) is 0.469. The molecule has 4 rings (SSSR count). The van der Waals surface area contributed by atoms with Crippen molar-refractivity contribution in [2.45, 2.75) is 77.9 Å². The van der Waals surface area contributed by atoms with E-state index in [4.69, 9.17) is 4.79 Å². The van der Waals surface area contributed by atoms with Crippen molar-refractivity contribution in [3.8, 4) is 0 Å². The highest BCUT2D eigenvalue weighted by molar-refractivity contribution is 5.85. The van der Waals surface area contributed by atoms with E-state index in [2.05, 4.69) is 104 Å². The van der Waals surface area contributed by atoms with Gasteiger partial charge in [-0.2, -0.15) is 0 Å². The monoisotopic (exact) mass is 474 g/mol. The van der Waals surface area contributed by atoms with Gasteiger partial charge < -0.3 is 10.1 Å². The van der Waals surface area contributed by atoms with Crippen LogP contribution in [0.4, 0.5) is 0 Å². The first-order chi connectivity index (χ1) is 17.2. The Bertz CT molecular complexity index is 931. The van der Waals surface area contributed by atoms with Crippen molar-refractivity contribution in [3.05, 3.63) is 83.9 Å². The molecule has 0 saturated heterocycles. The Labute approximate surface area is 213 Å². The summed E-state index contributed by atoms with van der Waals surface area (Å²) >= 11 is 0. The second-order valence-corrected chi connectivity index (χ2v) is 9.77. The van der Waals surface area contributed by atoms with E-state index in [0.29, 0.717) is 6.04 Å². The first-order valence-electron chi connectivity index (χ1n) is 13.4. The van der Waals surface area contributed by atoms with Gasteiger partial charge in [0, 0.05) is 19.1 Å². The predicted molar refractivity (Wildman–Crippen MR) is 152 cm³/mol. The molecule has 1 unspecified atom stereocenters. The van der Waals surface area contributed by atoms with Gasteiger partial charge >= 0.3 is 0 Å². The standard InChI is InChI=1S/C23H28N2.C8H16.CH2O/c1-19(15-16-24-17-20-9-4-3-5-10-20)25(2)18-22-13-8-12-21-11-6-7-14-23(21)22;1-2-8-6-4-3-5-7-8;1-2/h3-14,19,24H,15-18H2,1-2H3;8H,2-7H2,1H3;1H2. The Morgan fingerprint density at radius 2 is 1.57 bits per heavy atom. The lowest BCUT2D eigenvalue weighted by atomic mass is 9.88. The number of hydrogen-bond donors (Lipinski definition) is 1. The van der Waals surface area contributed by atoms with E-state index < -0.39 is 0 Å². The Morgan fingerprint density at radius 3 is 2.26 bits per heavy atom. The van der Waals surface area contributed by atoms with Gasteiger partial charge in [0.15, 0.2) is 0 Å². The molecule has 0 radical (unpaired) electrons. The summed E-state index contributed by atoms with van der Waals surface area (Å²) in [5.41, 5.74) is 2.75. The fourth-order valence-electron chi connectivity index (χ4n) is 4.81. The molecule has 0 spiro atoms. The van der Waals surface area contributed by atoms with Crippen LogP contribution in [0.25, 0.3) is 10.8 Å². The van der Waals surface area contributed by atoms with Crippen LogP contribution in [-0.2, 0) is 17.9 Å². The summed E-state index contributed by atoms with van der Waals surface area (Å²) in [6.45, 7) is 9.60. The highest BCUT2D eigenvalue weighted by atomic mass is 16.1. The van der Waals surface area contributed by atoms with Crippen molar-refractivity contribution in [1.29, 1.82) is 0 Å². The van der Waals surface area contributed by atoms with Crippen LogP contribution in [0.1, 0.15) is 69.9 Å². The van der Waals surface area contributed by atoms with E-state index in [1.54, 1.807) is 0 Å². The molecule has 3 aromatic rings. The minimum atomic E-state index is 0.544. The molecule has 1 atom stereocenters. The minimum absolute atomic E-state index is 0.544. The van der Waals surface area contributed by atoms with Crippen LogP contribution < -0.4 is 5.32 Å². The molecule has 3 heteroatoms. The molecule has 1 aliphatic rings. The van der Waals surface area contributed by atoms with E-state index in [-0.39, 0.29) is 0 Å². The van der Waals surface area contributed by atoms with Crippen LogP contribution in [0.2, 0.25) is 0 Å². The van der Waals surface area contributed by atoms with E-state index in [0.717, 1.165) is 32.0 Å². The van der Waals surface area contributed by atoms with E-state index >= 15 is 0 Å². The number of carbonyl (C=O) groups excluding carboxylic acids is 1.